The number of nitrogens with one attached hydrogen (secondary N) is 2. The van der Waals surface area contributed by atoms with E-state index < -0.39 is 41.0 Å². The molecular formula is C33H45N5O5. The van der Waals surface area contributed by atoms with Crippen molar-refractivity contribution >= 4 is 28.6 Å². The molecule has 0 unspecified atom stereocenters. The lowest BCUT2D eigenvalue weighted by atomic mass is 9.72. The minimum absolute atomic E-state index is 0.155. The first kappa shape index (κ1) is 28.8. The van der Waals surface area contributed by atoms with Gasteiger partial charge in [0, 0.05) is 48.1 Å². The van der Waals surface area contributed by atoms with Crippen molar-refractivity contribution in [3.8, 4) is 0 Å². The number of carbonyl (C=O) groups is 3. The standard InChI is InChI=1S/C33H45N5O5/c1-7-31(4,5)27-29(40)37-13-9-12-25(37)33(42)38(27)30(41)32(43-33,18(2)3)35-28(39)20-14-22-21-10-8-11-23-26(21)19(16-34-23)15-24(22)36(6)17-20/h8,10-11,16,18,20,22,24-25,27,34,42H,7,9,12-15,17H2,1-6H3,(H,35,39)/t20-,22-,24-,25-,27+,32-,33+/m1/s1. The number of nitrogens with zero attached hydrogens (tertiary/aromatic N) is 3. The lowest BCUT2D eigenvalue weighted by molar-refractivity contribution is -0.326. The van der Waals surface area contributed by atoms with Crippen LogP contribution in [0.15, 0.2) is 24.4 Å². The molecule has 4 aliphatic heterocycles. The number of hydrogen-bond donors (Lipinski definition) is 3. The normalized spacial score (nSPS) is 35.9. The third kappa shape index (κ3) is 3.85. The van der Waals surface area contributed by atoms with Crippen LogP contribution in [0.1, 0.15) is 77.3 Å². The fourth-order valence-corrected chi connectivity index (χ4v) is 8.76. The number of carbonyl (C=O) groups excluding carboxylic acids is 3. The van der Waals surface area contributed by atoms with Gasteiger partial charge in [0.15, 0.2) is 0 Å². The van der Waals surface area contributed by atoms with E-state index >= 15 is 0 Å². The molecule has 10 heteroatoms. The monoisotopic (exact) mass is 591 g/mol. The number of benzene rings is 1. The number of piperazine rings is 1. The molecule has 4 fully saturated rings. The van der Waals surface area contributed by atoms with Crippen molar-refractivity contribution < 1.29 is 24.2 Å². The molecule has 0 spiro atoms. The van der Waals surface area contributed by atoms with Crippen LogP contribution < -0.4 is 5.32 Å². The summed E-state index contributed by atoms with van der Waals surface area (Å²) in [5.41, 5.74) is 1.29. The van der Waals surface area contributed by atoms with Gasteiger partial charge in [0.25, 0.3) is 11.8 Å². The zero-order chi connectivity index (χ0) is 30.6. The maximum atomic E-state index is 14.6. The summed E-state index contributed by atoms with van der Waals surface area (Å²) in [7, 11) is 2.07. The maximum absolute atomic E-state index is 14.6. The van der Waals surface area contributed by atoms with Gasteiger partial charge in [-0.3, -0.25) is 24.0 Å². The molecule has 0 saturated carbocycles. The molecule has 4 saturated heterocycles. The fourth-order valence-electron chi connectivity index (χ4n) is 8.76. The number of aromatic amines is 1. The van der Waals surface area contributed by atoms with Gasteiger partial charge < -0.3 is 25.2 Å². The van der Waals surface area contributed by atoms with Crippen molar-refractivity contribution in [2.75, 3.05) is 20.1 Å². The van der Waals surface area contributed by atoms with E-state index in [4.69, 9.17) is 4.74 Å². The van der Waals surface area contributed by atoms with E-state index in [9.17, 15) is 19.5 Å². The number of amides is 3. The molecule has 7 atom stereocenters. The molecule has 1 aromatic carbocycles. The van der Waals surface area contributed by atoms with Crippen LogP contribution in [0.5, 0.6) is 0 Å². The first-order valence-electron chi connectivity index (χ1n) is 16.0. The molecule has 3 amide bonds. The largest absolute Gasteiger partial charge is 0.361 e. The van der Waals surface area contributed by atoms with Crippen molar-refractivity contribution in [3.05, 3.63) is 35.5 Å². The van der Waals surface area contributed by atoms with Crippen molar-refractivity contribution in [2.24, 2.45) is 17.3 Å². The van der Waals surface area contributed by atoms with Gasteiger partial charge in [0.1, 0.15) is 12.1 Å². The lowest BCUT2D eigenvalue weighted by Gasteiger charge is -2.52. The average molecular weight is 592 g/mol. The summed E-state index contributed by atoms with van der Waals surface area (Å²) in [6.45, 7) is 10.6. The highest BCUT2D eigenvalue weighted by Gasteiger charge is 2.73. The highest BCUT2D eigenvalue weighted by atomic mass is 16.7. The lowest BCUT2D eigenvalue weighted by Crippen LogP contribution is -2.73. The Balaban J connectivity index is 1.22. The molecule has 43 heavy (non-hydrogen) atoms. The second-order valence-corrected chi connectivity index (χ2v) is 14.6. The van der Waals surface area contributed by atoms with Crippen LogP contribution in [0.4, 0.5) is 0 Å². The number of hydrogen-bond acceptors (Lipinski definition) is 6. The molecule has 7 rings (SSSR count). The third-order valence-electron chi connectivity index (χ3n) is 11.5. The summed E-state index contributed by atoms with van der Waals surface area (Å²) in [4.78, 5) is 51.4. The Morgan fingerprint density at radius 2 is 2.05 bits per heavy atom. The Morgan fingerprint density at radius 1 is 1.28 bits per heavy atom. The van der Waals surface area contributed by atoms with Gasteiger partial charge in [-0.2, -0.15) is 0 Å². The van der Waals surface area contributed by atoms with Crippen molar-refractivity contribution in [1.29, 1.82) is 0 Å². The van der Waals surface area contributed by atoms with E-state index in [1.807, 2.05) is 34.6 Å². The minimum Gasteiger partial charge on any atom is -0.361 e. The first-order valence-corrected chi connectivity index (χ1v) is 16.0. The van der Waals surface area contributed by atoms with E-state index in [0.29, 0.717) is 32.4 Å². The molecular weight excluding hydrogens is 546 g/mol. The minimum atomic E-state index is -2.02. The number of H-pyrrole nitrogens is 1. The zero-order valence-electron chi connectivity index (χ0n) is 26.1. The predicted octanol–water partition coefficient (Wildman–Crippen LogP) is 2.91. The topological polar surface area (TPSA) is 118 Å². The zero-order valence-corrected chi connectivity index (χ0v) is 26.1. The van der Waals surface area contributed by atoms with Gasteiger partial charge >= 0.3 is 0 Å². The van der Waals surface area contributed by atoms with Gasteiger partial charge in [-0.15, -0.1) is 0 Å². The highest BCUT2D eigenvalue weighted by Crippen LogP contribution is 2.51. The van der Waals surface area contributed by atoms with E-state index in [1.165, 1.54) is 21.4 Å². The van der Waals surface area contributed by atoms with E-state index in [0.717, 1.165) is 18.4 Å². The Kier molecular flexibility index (Phi) is 6.38. The highest BCUT2D eigenvalue weighted by molar-refractivity contribution is 5.98. The van der Waals surface area contributed by atoms with E-state index in [-0.39, 0.29) is 29.7 Å². The number of likely N-dealkylation sites (tertiary alicyclic amines) is 1. The smallest absolute Gasteiger partial charge is 0.281 e. The number of aromatic nitrogens is 1. The second-order valence-electron chi connectivity index (χ2n) is 14.6. The van der Waals surface area contributed by atoms with Crippen LogP contribution in [-0.4, -0.2) is 92.4 Å². The average Bonchev–Trinajstić information content (AvgIpc) is 3.68. The number of rotatable bonds is 5. The van der Waals surface area contributed by atoms with Crippen LogP contribution in [0.3, 0.4) is 0 Å². The predicted molar refractivity (Wildman–Crippen MR) is 160 cm³/mol. The van der Waals surface area contributed by atoms with Gasteiger partial charge in [0.05, 0.1) is 5.92 Å². The van der Waals surface area contributed by atoms with Gasteiger partial charge in [-0.25, -0.2) is 0 Å². The molecule has 3 N–H and O–H groups in total. The molecule has 2 aromatic rings. The summed E-state index contributed by atoms with van der Waals surface area (Å²) in [5.74, 6) is -3.67. The van der Waals surface area contributed by atoms with Crippen LogP contribution in [0.25, 0.3) is 10.9 Å². The molecule has 1 aromatic heterocycles. The van der Waals surface area contributed by atoms with Gasteiger partial charge in [-0.05, 0) is 61.8 Å². The number of ether oxygens (including phenoxy) is 1. The molecule has 0 radical (unpaired) electrons. The number of fused-ring (bicyclic) bond motifs is 5. The van der Waals surface area contributed by atoms with Crippen LogP contribution in [0, 0.1) is 17.3 Å². The quantitative estimate of drug-likeness (QED) is 0.492. The molecule has 1 aliphatic carbocycles. The summed E-state index contributed by atoms with van der Waals surface area (Å²) in [6, 6.07) is 5.05. The molecule has 5 heterocycles. The Morgan fingerprint density at radius 3 is 2.77 bits per heavy atom. The van der Waals surface area contributed by atoms with Gasteiger partial charge in [-0.1, -0.05) is 46.8 Å². The van der Waals surface area contributed by atoms with Gasteiger partial charge in [0.2, 0.25) is 17.5 Å². The maximum Gasteiger partial charge on any atom is 0.281 e. The molecule has 5 aliphatic rings. The van der Waals surface area contributed by atoms with Crippen molar-refractivity contribution in [1.82, 2.24) is 25.0 Å². The fraction of sp³-hybridized carbons (Fsp3) is 0.667. The Bertz CT molecular complexity index is 1500. The van der Waals surface area contributed by atoms with Crippen LogP contribution in [0.2, 0.25) is 0 Å². The van der Waals surface area contributed by atoms with E-state index in [1.54, 1.807) is 4.90 Å². The van der Waals surface area contributed by atoms with Crippen LogP contribution >= 0.6 is 0 Å². The second kappa shape index (κ2) is 9.52. The number of piperidine rings is 1. The Labute approximate surface area is 253 Å². The van der Waals surface area contributed by atoms with Crippen LogP contribution in [-0.2, 0) is 25.5 Å². The summed E-state index contributed by atoms with van der Waals surface area (Å²) in [5, 5.41) is 16.6. The molecule has 0 bridgehead atoms. The van der Waals surface area contributed by atoms with E-state index in [2.05, 4.69) is 46.6 Å². The summed E-state index contributed by atoms with van der Waals surface area (Å²) >= 11 is 0. The van der Waals surface area contributed by atoms with Crippen molar-refractivity contribution in [2.45, 2.75) is 102 Å². The third-order valence-corrected chi connectivity index (χ3v) is 11.5. The van der Waals surface area contributed by atoms with Crippen molar-refractivity contribution in [3.63, 3.8) is 0 Å². The Hall–Kier alpha value is -2.95. The summed E-state index contributed by atoms with van der Waals surface area (Å²) < 4.78 is 6.51. The first-order chi connectivity index (χ1) is 20.3. The SMILES string of the molecule is CCC(C)(C)[C@@H]1C(=O)N2CCC[C@@H]2[C@]2(O)O[C@](NC(=O)[C@@H]3C[C@@H]4c5cccc6[nH]cc(c56)C[C@H]4N(C)C3)(C(C)C)C(=O)N12. The molecule has 10 nitrogen and oxygen atoms in total. The number of likely N-dealkylation sites (N-methyl/N-ethyl adjacent to an activating group) is 1. The number of aliphatic hydroxyl groups is 1. The summed E-state index contributed by atoms with van der Waals surface area (Å²) in [6.07, 6.45) is 5.55. The molecule has 232 valence electrons.